The van der Waals surface area contributed by atoms with Crippen molar-refractivity contribution in [1.82, 2.24) is 9.55 Å². The second-order valence-electron chi connectivity index (χ2n) is 13.9. The van der Waals surface area contributed by atoms with E-state index in [0.717, 1.165) is 16.6 Å². The minimum atomic E-state index is -0.435. The average molecular weight is 661 g/mol. The Hall–Kier alpha value is -6.77. The van der Waals surface area contributed by atoms with Gasteiger partial charge in [0.2, 0.25) is 0 Å². The van der Waals surface area contributed by atoms with Crippen LogP contribution in [-0.4, -0.2) is 9.55 Å². The highest BCUT2D eigenvalue weighted by Crippen LogP contribution is 2.56. The van der Waals surface area contributed by atoms with E-state index in [1.165, 1.54) is 77.1 Å². The van der Waals surface area contributed by atoms with Crippen molar-refractivity contribution in [2.24, 2.45) is 0 Å². The van der Waals surface area contributed by atoms with Gasteiger partial charge in [-0.05, 0) is 86.3 Å². The largest absolute Gasteiger partial charge is 0.309 e. The van der Waals surface area contributed by atoms with Crippen molar-refractivity contribution in [2.45, 2.75) is 5.41 Å². The molecule has 8 aromatic carbocycles. The molecule has 2 heterocycles. The van der Waals surface area contributed by atoms with E-state index in [4.69, 9.17) is 4.98 Å². The van der Waals surface area contributed by atoms with Gasteiger partial charge in [0.15, 0.2) is 0 Å². The molecule has 242 valence electrons. The molecule has 0 N–H and O–H groups in total. The molecule has 52 heavy (non-hydrogen) atoms. The number of para-hydroxylation sites is 1. The van der Waals surface area contributed by atoms with E-state index in [-0.39, 0.29) is 0 Å². The summed E-state index contributed by atoms with van der Waals surface area (Å²) in [5.74, 6) is 0. The fourth-order valence-electron chi connectivity index (χ4n) is 9.12. The number of nitrogens with zero attached hydrogens (tertiary/aromatic N) is 2. The van der Waals surface area contributed by atoms with Crippen LogP contribution in [0.25, 0.3) is 71.4 Å². The molecule has 0 amide bonds. The SMILES string of the molecule is c1ccc(C2(c3ccccc3)c3ccccc3-c3ccc(-c4ccc5c(c4)c4ccccc4n5-c4cccc5ccc6cccnc6c45)cc32)cc1. The molecule has 2 nitrogen and oxygen atoms in total. The first-order valence-corrected chi connectivity index (χ1v) is 18.0. The van der Waals surface area contributed by atoms with E-state index >= 15 is 0 Å². The summed E-state index contributed by atoms with van der Waals surface area (Å²) in [4.78, 5) is 4.88. The summed E-state index contributed by atoms with van der Waals surface area (Å²) in [7, 11) is 0. The maximum absolute atomic E-state index is 4.88. The minimum Gasteiger partial charge on any atom is -0.309 e. The summed E-state index contributed by atoms with van der Waals surface area (Å²) in [5, 5.41) is 5.97. The van der Waals surface area contributed by atoms with Gasteiger partial charge in [0.1, 0.15) is 0 Å². The molecule has 2 aromatic heterocycles. The zero-order valence-electron chi connectivity index (χ0n) is 28.4. The van der Waals surface area contributed by atoms with Gasteiger partial charge in [-0.15, -0.1) is 0 Å². The summed E-state index contributed by atoms with van der Waals surface area (Å²) < 4.78 is 2.43. The van der Waals surface area contributed by atoms with Crippen molar-refractivity contribution in [3.8, 4) is 27.9 Å². The molecule has 10 aromatic rings. The highest BCUT2D eigenvalue weighted by Gasteiger charge is 2.46. The van der Waals surface area contributed by atoms with Crippen molar-refractivity contribution in [3.05, 3.63) is 217 Å². The molecule has 1 aliphatic rings. The highest BCUT2D eigenvalue weighted by atomic mass is 15.0. The van der Waals surface area contributed by atoms with Crippen molar-refractivity contribution in [3.63, 3.8) is 0 Å². The summed E-state index contributed by atoms with van der Waals surface area (Å²) in [6, 6.07) is 69.1. The van der Waals surface area contributed by atoms with Gasteiger partial charge in [0, 0.05) is 27.7 Å². The Morgan fingerprint density at radius 2 is 1.08 bits per heavy atom. The monoisotopic (exact) mass is 660 g/mol. The fraction of sp³-hybridized carbons (Fsp3) is 0.0200. The quantitative estimate of drug-likeness (QED) is 0.172. The van der Waals surface area contributed by atoms with Crippen LogP contribution < -0.4 is 0 Å². The van der Waals surface area contributed by atoms with E-state index in [2.05, 4.69) is 187 Å². The molecule has 0 radical (unpaired) electrons. The van der Waals surface area contributed by atoms with E-state index in [9.17, 15) is 0 Å². The molecule has 0 fully saturated rings. The Morgan fingerprint density at radius 3 is 1.92 bits per heavy atom. The van der Waals surface area contributed by atoms with Gasteiger partial charge in [-0.25, -0.2) is 0 Å². The van der Waals surface area contributed by atoms with Crippen LogP contribution in [0.3, 0.4) is 0 Å². The number of rotatable bonds is 4. The molecule has 11 rings (SSSR count). The van der Waals surface area contributed by atoms with E-state index in [1.807, 2.05) is 12.3 Å². The van der Waals surface area contributed by atoms with Gasteiger partial charge < -0.3 is 4.57 Å². The topological polar surface area (TPSA) is 17.8 Å². The van der Waals surface area contributed by atoms with Crippen molar-refractivity contribution in [1.29, 1.82) is 0 Å². The van der Waals surface area contributed by atoms with Gasteiger partial charge >= 0.3 is 0 Å². The zero-order valence-corrected chi connectivity index (χ0v) is 28.4. The van der Waals surface area contributed by atoms with Crippen LogP contribution in [-0.2, 0) is 5.41 Å². The lowest BCUT2D eigenvalue weighted by Crippen LogP contribution is -2.28. The van der Waals surface area contributed by atoms with Crippen molar-refractivity contribution < 1.29 is 0 Å². The molecule has 0 atom stereocenters. The normalized spacial score (nSPS) is 13.2. The molecule has 0 spiro atoms. The predicted octanol–water partition coefficient (Wildman–Crippen LogP) is 12.5. The second kappa shape index (κ2) is 11.1. The van der Waals surface area contributed by atoms with Crippen LogP contribution in [0.2, 0.25) is 0 Å². The summed E-state index contributed by atoms with van der Waals surface area (Å²) in [6.45, 7) is 0. The third kappa shape index (κ3) is 3.98. The Labute approximate surface area is 301 Å². The molecule has 0 aliphatic heterocycles. The number of hydrogen-bond donors (Lipinski definition) is 0. The smallest absolute Gasteiger partial charge is 0.0801 e. The van der Waals surface area contributed by atoms with Gasteiger partial charge in [0.05, 0.1) is 27.7 Å². The number of benzene rings is 8. The maximum Gasteiger partial charge on any atom is 0.0801 e. The van der Waals surface area contributed by atoms with Crippen LogP contribution in [0.4, 0.5) is 0 Å². The van der Waals surface area contributed by atoms with Crippen LogP contribution in [0.1, 0.15) is 22.3 Å². The number of hydrogen-bond acceptors (Lipinski definition) is 1. The first kappa shape index (κ1) is 29.0. The summed E-state index contributed by atoms with van der Waals surface area (Å²) in [6.07, 6.45) is 1.90. The fourth-order valence-corrected chi connectivity index (χ4v) is 9.12. The van der Waals surface area contributed by atoms with E-state index in [1.54, 1.807) is 0 Å². The lowest BCUT2D eigenvalue weighted by Gasteiger charge is -2.34. The summed E-state index contributed by atoms with van der Waals surface area (Å²) in [5.41, 5.74) is 14.3. The van der Waals surface area contributed by atoms with Gasteiger partial charge in [0.25, 0.3) is 0 Å². The number of aromatic nitrogens is 2. The molecule has 0 saturated heterocycles. The van der Waals surface area contributed by atoms with Crippen molar-refractivity contribution in [2.75, 3.05) is 0 Å². The molecular weight excluding hydrogens is 629 g/mol. The van der Waals surface area contributed by atoms with E-state index in [0.29, 0.717) is 0 Å². The van der Waals surface area contributed by atoms with Gasteiger partial charge in [-0.2, -0.15) is 0 Å². The first-order chi connectivity index (χ1) is 25.8. The molecule has 1 aliphatic carbocycles. The van der Waals surface area contributed by atoms with Crippen LogP contribution in [0.5, 0.6) is 0 Å². The number of pyridine rings is 1. The zero-order chi connectivity index (χ0) is 34.2. The Morgan fingerprint density at radius 1 is 0.423 bits per heavy atom. The van der Waals surface area contributed by atoms with Crippen LogP contribution >= 0.6 is 0 Å². The van der Waals surface area contributed by atoms with Crippen LogP contribution in [0, 0.1) is 0 Å². The lowest BCUT2D eigenvalue weighted by molar-refractivity contribution is 0.769. The highest BCUT2D eigenvalue weighted by molar-refractivity contribution is 6.15. The lowest BCUT2D eigenvalue weighted by atomic mass is 9.67. The molecule has 0 saturated carbocycles. The standard InChI is InChI=1S/C50H32N2/c1-3-15-37(16-4-1)50(38-17-5-2-6-18-38)43-21-9-7-19-39(43)40-28-26-36(32-44(40)50)35-27-29-46-42(31-35)41-20-8-10-22-45(41)52(46)47-23-11-13-33-24-25-34-14-12-30-51-49(34)48(33)47/h1-32H. The first-order valence-electron chi connectivity index (χ1n) is 18.0. The third-order valence-corrected chi connectivity index (χ3v) is 11.3. The third-order valence-electron chi connectivity index (χ3n) is 11.3. The summed E-state index contributed by atoms with van der Waals surface area (Å²) >= 11 is 0. The second-order valence-corrected chi connectivity index (χ2v) is 13.9. The van der Waals surface area contributed by atoms with Crippen molar-refractivity contribution >= 4 is 43.5 Å². The van der Waals surface area contributed by atoms with Gasteiger partial charge in [-0.1, -0.05) is 152 Å². The molecular formula is C50H32N2. The Bertz CT molecular complexity index is 2970. The Balaban J connectivity index is 1.16. The average Bonchev–Trinajstić information content (AvgIpc) is 3.71. The number of fused-ring (bicyclic) bond motifs is 9. The van der Waals surface area contributed by atoms with Crippen LogP contribution in [0.15, 0.2) is 194 Å². The molecule has 2 heteroatoms. The predicted molar refractivity (Wildman–Crippen MR) is 216 cm³/mol. The Kier molecular flexibility index (Phi) is 6.20. The van der Waals surface area contributed by atoms with Gasteiger partial charge in [-0.3, -0.25) is 4.98 Å². The molecule has 0 bridgehead atoms. The maximum atomic E-state index is 4.88. The minimum absolute atomic E-state index is 0.435. The van der Waals surface area contributed by atoms with E-state index < -0.39 is 5.41 Å². The molecule has 0 unspecified atom stereocenters.